The minimum Gasteiger partial charge on any atom is -0.442 e. The molecule has 176 valence electrons. The molecule has 0 N–H and O–H groups in total. The number of pyridine rings is 1. The Morgan fingerprint density at radius 3 is 2.46 bits per heavy atom. The average Bonchev–Trinajstić information content (AvgIpc) is 3.26. The van der Waals surface area contributed by atoms with Gasteiger partial charge in [-0.15, -0.1) is 0 Å². The van der Waals surface area contributed by atoms with Crippen LogP contribution in [-0.4, -0.2) is 33.5 Å². The van der Waals surface area contributed by atoms with Crippen molar-refractivity contribution in [2.75, 3.05) is 11.9 Å². The molecular formula is C29H28N4O2. The quantitative estimate of drug-likeness (QED) is 0.297. The van der Waals surface area contributed by atoms with Gasteiger partial charge in [0, 0.05) is 29.9 Å². The van der Waals surface area contributed by atoms with Crippen LogP contribution in [-0.2, 0) is 11.3 Å². The lowest BCUT2D eigenvalue weighted by Gasteiger charge is -2.23. The van der Waals surface area contributed by atoms with Gasteiger partial charge in [-0.2, -0.15) is 9.78 Å². The van der Waals surface area contributed by atoms with E-state index in [1.165, 1.54) is 10.2 Å². The van der Waals surface area contributed by atoms with Crippen LogP contribution >= 0.6 is 0 Å². The number of nitrogens with zero attached hydrogens (tertiary/aromatic N) is 4. The predicted molar refractivity (Wildman–Crippen MR) is 141 cm³/mol. The van der Waals surface area contributed by atoms with Gasteiger partial charge in [0.1, 0.15) is 5.60 Å². The molecule has 0 fully saturated rings. The normalized spacial score (nSPS) is 11.7. The zero-order chi connectivity index (χ0) is 24.6. The van der Waals surface area contributed by atoms with Gasteiger partial charge in [-0.05, 0) is 50.6 Å². The molecular weight excluding hydrogens is 436 g/mol. The van der Waals surface area contributed by atoms with Gasteiger partial charge in [-0.1, -0.05) is 54.6 Å². The van der Waals surface area contributed by atoms with Crippen LogP contribution < -0.4 is 4.90 Å². The lowest BCUT2D eigenvalue weighted by molar-refractivity contribution is 0.0522. The van der Waals surface area contributed by atoms with Crippen molar-refractivity contribution in [3.05, 3.63) is 90.6 Å². The number of carbonyl (C=O) groups is 1. The highest BCUT2D eigenvalue weighted by atomic mass is 16.6. The topological polar surface area (TPSA) is 60.2 Å². The standard InChI is InChI=1S/C29H28N4O2/c1-29(2,3)35-28(34)33-25-15-14-22(16-23(25)18-30-33)27-26(17-21-12-8-9-13-24(21)31-27)32(4)19-20-10-6-5-7-11-20/h5-18H,19H2,1-4H3. The number of rotatable bonds is 4. The van der Waals surface area contributed by atoms with E-state index in [0.717, 1.165) is 39.8 Å². The largest absolute Gasteiger partial charge is 0.442 e. The third-order valence-electron chi connectivity index (χ3n) is 5.79. The number of aromatic nitrogens is 3. The second-order valence-corrected chi connectivity index (χ2v) is 9.70. The number of carbonyl (C=O) groups excluding carboxylic acids is 1. The first-order chi connectivity index (χ1) is 16.8. The zero-order valence-electron chi connectivity index (χ0n) is 20.4. The minimum atomic E-state index is -0.595. The summed E-state index contributed by atoms with van der Waals surface area (Å²) in [5.74, 6) is 0. The van der Waals surface area contributed by atoms with E-state index in [4.69, 9.17) is 9.72 Å². The second-order valence-electron chi connectivity index (χ2n) is 9.70. The highest BCUT2D eigenvalue weighted by Gasteiger charge is 2.21. The molecule has 0 spiro atoms. The monoisotopic (exact) mass is 464 g/mol. The van der Waals surface area contributed by atoms with Crippen molar-refractivity contribution in [3.8, 4) is 11.3 Å². The molecule has 6 heteroatoms. The van der Waals surface area contributed by atoms with E-state index in [2.05, 4.69) is 53.4 Å². The number of hydrogen-bond acceptors (Lipinski definition) is 5. The Hall–Kier alpha value is -4.19. The minimum absolute atomic E-state index is 0.493. The number of para-hydroxylation sites is 1. The Morgan fingerprint density at radius 2 is 1.69 bits per heavy atom. The first kappa shape index (κ1) is 22.6. The van der Waals surface area contributed by atoms with Crippen LogP contribution in [0, 0.1) is 0 Å². The van der Waals surface area contributed by atoms with Gasteiger partial charge in [-0.25, -0.2) is 9.78 Å². The van der Waals surface area contributed by atoms with E-state index in [1.54, 1.807) is 6.20 Å². The third-order valence-corrected chi connectivity index (χ3v) is 5.79. The van der Waals surface area contributed by atoms with Crippen molar-refractivity contribution in [2.24, 2.45) is 0 Å². The molecule has 6 nitrogen and oxygen atoms in total. The molecule has 0 bridgehead atoms. The first-order valence-electron chi connectivity index (χ1n) is 11.6. The molecule has 3 aromatic carbocycles. The average molecular weight is 465 g/mol. The highest BCUT2D eigenvalue weighted by Crippen LogP contribution is 2.34. The lowest BCUT2D eigenvalue weighted by Crippen LogP contribution is -2.27. The predicted octanol–water partition coefficient (Wildman–Crippen LogP) is 6.67. The molecule has 0 aliphatic rings. The maximum absolute atomic E-state index is 12.6. The molecule has 0 saturated heterocycles. The molecule has 5 rings (SSSR count). The van der Waals surface area contributed by atoms with E-state index in [0.29, 0.717) is 5.52 Å². The Bertz CT molecular complexity index is 1520. The number of ether oxygens (including phenoxy) is 1. The molecule has 35 heavy (non-hydrogen) atoms. The third kappa shape index (κ3) is 4.73. The summed E-state index contributed by atoms with van der Waals surface area (Å²) in [6, 6.07) is 26.6. The molecule has 2 heterocycles. The number of hydrogen-bond donors (Lipinski definition) is 0. The Balaban J connectivity index is 1.58. The molecule has 2 aromatic heterocycles. The zero-order valence-corrected chi connectivity index (χ0v) is 20.4. The molecule has 5 aromatic rings. The van der Waals surface area contributed by atoms with Crippen LogP contribution in [0.5, 0.6) is 0 Å². The summed E-state index contributed by atoms with van der Waals surface area (Å²) >= 11 is 0. The van der Waals surface area contributed by atoms with E-state index < -0.39 is 11.7 Å². The number of anilines is 1. The summed E-state index contributed by atoms with van der Waals surface area (Å²) in [6.45, 7) is 6.28. The van der Waals surface area contributed by atoms with Gasteiger partial charge in [0.15, 0.2) is 0 Å². The van der Waals surface area contributed by atoms with E-state index >= 15 is 0 Å². The Kier molecular flexibility index (Phi) is 5.73. The SMILES string of the molecule is CN(Cc1ccccc1)c1cc2ccccc2nc1-c1ccc2c(cnn2C(=O)OC(C)(C)C)c1. The van der Waals surface area contributed by atoms with Crippen molar-refractivity contribution in [1.29, 1.82) is 0 Å². The molecule has 0 atom stereocenters. The fourth-order valence-corrected chi connectivity index (χ4v) is 4.18. The van der Waals surface area contributed by atoms with Crippen molar-refractivity contribution in [1.82, 2.24) is 14.8 Å². The van der Waals surface area contributed by atoms with Gasteiger partial charge in [-0.3, -0.25) is 0 Å². The van der Waals surface area contributed by atoms with Gasteiger partial charge in [0.05, 0.1) is 28.6 Å². The van der Waals surface area contributed by atoms with Crippen molar-refractivity contribution >= 4 is 33.6 Å². The number of benzene rings is 3. The molecule has 0 radical (unpaired) electrons. The maximum Gasteiger partial charge on any atom is 0.435 e. The smallest absolute Gasteiger partial charge is 0.435 e. The van der Waals surface area contributed by atoms with E-state index in [-0.39, 0.29) is 0 Å². The highest BCUT2D eigenvalue weighted by molar-refractivity contribution is 5.94. The Morgan fingerprint density at radius 1 is 0.943 bits per heavy atom. The molecule has 0 amide bonds. The van der Waals surface area contributed by atoms with Crippen molar-refractivity contribution in [3.63, 3.8) is 0 Å². The molecule has 0 aliphatic heterocycles. The molecule has 0 saturated carbocycles. The van der Waals surface area contributed by atoms with Crippen molar-refractivity contribution < 1.29 is 9.53 Å². The van der Waals surface area contributed by atoms with Crippen LogP contribution in [0.4, 0.5) is 10.5 Å². The Labute approximate surface area is 204 Å². The summed E-state index contributed by atoms with van der Waals surface area (Å²) in [6.07, 6.45) is 1.20. The first-order valence-corrected chi connectivity index (χ1v) is 11.6. The van der Waals surface area contributed by atoms with E-state index in [1.807, 2.05) is 63.2 Å². The fourth-order valence-electron chi connectivity index (χ4n) is 4.18. The summed E-state index contributed by atoms with van der Waals surface area (Å²) in [5.41, 5.74) is 5.14. The summed E-state index contributed by atoms with van der Waals surface area (Å²) < 4.78 is 6.81. The summed E-state index contributed by atoms with van der Waals surface area (Å²) in [4.78, 5) is 19.9. The fraction of sp³-hybridized carbons (Fsp3) is 0.207. The van der Waals surface area contributed by atoms with Crippen LogP contribution in [0.1, 0.15) is 26.3 Å². The van der Waals surface area contributed by atoms with E-state index in [9.17, 15) is 4.79 Å². The summed E-state index contributed by atoms with van der Waals surface area (Å²) in [7, 11) is 2.08. The summed E-state index contributed by atoms with van der Waals surface area (Å²) in [5, 5.41) is 6.22. The number of fused-ring (bicyclic) bond motifs is 2. The lowest BCUT2D eigenvalue weighted by atomic mass is 10.0. The van der Waals surface area contributed by atoms with Crippen LogP contribution in [0.25, 0.3) is 33.1 Å². The second kappa shape index (κ2) is 8.87. The van der Waals surface area contributed by atoms with Gasteiger partial charge in [0.25, 0.3) is 0 Å². The van der Waals surface area contributed by atoms with Gasteiger partial charge < -0.3 is 9.64 Å². The van der Waals surface area contributed by atoms with Gasteiger partial charge >= 0.3 is 6.09 Å². The van der Waals surface area contributed by atoms with Gasteiger partial charge in [0.2, 0.25) is 0 Å². The maximum atomic E-state index is 12.6. The van der Waals surface area contributed by atoms with Crippen LogP contribution in [0.15, 0.2) is 85.1 Å². The van der Waals surface area contributed by atoms with Crippen molar-refractivity contribution in [2.45, 2.75) is 32.9 Å². The molecule has 0 aliphatic carbocycles. The van der Waals surface area contributed by atoms with Crippen LogP contribution in [0.3, 0.4) is 0 Å². The van der Waals surface area contributed by atoms with Crippen LogP contribution in [0.2, 0.25) is 0 Å². The molecule has 0 unspecified atom stereocenters.